The van der Waals surface area contributed by atoms with E-state index in [1.165, 1.54) is 0 Å². The van der Waals surface area contributed by atoms with Crippen LogP contribution in [0.15, 0.2) is 61.1 Å². The molecule has 3 aromatic heterocycles. The summed E-state index contributed by atoms with van der Waals surface area (Å²) in [6, 6.07) is 14.1. The van der Waals surface area contributed by atoms with Crippen LogP contribution in [-0.2, 0) is 6.42 Å². The van der Waals surface area contributed by atoms with Gasteiger partial charge in [0.2, 0.25) is 5.95 Å². The molecule has 0 bridgehead atoms. The van der Waals surface area contributed by atoms with Crippen molar-refractivity contribution in [2.75, 3.05) is 5.32 Å². The molecule has 1 aromatic carbocycles. The van der Waals surface area contributed by atoms with Crippen LogP contribution in [0.4, 0.5) is 11.6 Å². The van der Waals surface area contributed by atoms with Gasteiger partial charge >= 0.3 is 0 Å². The molecule has 0 radical (unpaired) electrons. The summed E-state index contributed by atoms with van der Waals surface area (Å²) in [4.78, 5) is 17.0. The molecule has 3 heterocycles. The van der Waals surface area contributed by atoms with E-state index in [2.05, 4.69) is 28.3 Å². The van der Waals surface area contributed by atoms with Crippen molar-refractivity contribution in [3.63, 3.8) is 0 Å². The van der Waals surface area contributed by atoms with E-state index in [0.717, 1.165) is 52.8 Å². The number of nitrogens with zero attached hydrogens (tertiary/aromatic N) is 3. The Labute approximate surface area is 152 Å². The van der Waals surface area contributed by atoms with Crippen LogP contribution in [0.2, 0.25) is 0 Å². The molecule has 0 saturated heterocycles. The van der Waals surface area contributed by atoms with Crippen molar-refractivity contribution in [1.82, 2.24) is 19.9 Å². The monoisotopic (exact) mass is 343 g/mol. The zero-order valence-corrected chi connectivity index (χ0v) is 14.7. The molecular weight excluding hydrogens is 322 g/mol. The Morgan fingerprint density at radius 2 is 1.96 bits per heavy atom. The summed E-state index contributed by atoms with van der Waals surface area (Å²) in [6.45, 7) is 2.19. The summed E-state index contributed by atoms with van der Waals surface area (Å²) in [5, 5.41) is 4.39. The number of hydrogen-bond acceptors (Lipinski definition) is 4. The van der Waals surface area contributed by atoms with Crippen molar-refractivity contribution < 1.29 is 0 Å². The fourth-order valence-corrected chi connectivity index (χ4v) is 3.00. The van der Waals surface area contributed by atoms with E-state index in [-0.39, 0.29) is 0 Å². The second kappa shape index (κ2) is 7.35. The lowest BCUT2D eigenvalue weighted by Crippen LogP contribution is -2.02. The van der Waals surface area contributed by atoms with E-state index < -0.39 is 0 Å². The van der Waals surface area contributed by atoms with Gasteiger partial charge in [0.15, 0.2) is 0 Å². The summed E-state index contributed by atoms with van der Waals surface area (Å²) in [5.74, 6) is 0.623. The van der Waals surface area contributed by atoms with E-state index in [0.29, 0.717) is 5.95 Å². The summed E-state index contributed by atoms with van der Waals surface area (Å²) < 4.78 is 0. The summed E-state index contributed by atoms with van der Waals surface area (Å²) in [6.07, 6.45) is 8.84. The lowest BCUT2D eigenvalue weighted by atomic mass is 10.1. The number of aromatic nitrogens is 4. The minimum Gasteiger partial charge on any atom is -0.360 e. The SMILES string of the molecule is CCCCc1cc(-c2c[nH]c3ccncc23)nc(Nc2ccccc2)n1. The molecule has 5 nitrogen and oxygen atoms in total. The molecule has 0 spiro atoms. The van der Waals surface area contributed by atoms with Crippen molar-refractivity contribution in [3.8, 4) is 11.3 Å². The van der Waals surface area contributed by atoms with Gasteiger partial charge in [-0.3, -0.25) is 4.98 Å². The Morgan fingerprint density at radius 3 is 2.81 bits per heavy atom. The molecule has 0 aliphatic rings. The Morgan fingerprint density at radius 1 is 1.08 bits per heavy atom. The summed E-state index contributed by atoms with van der Waals surface area (Å²) in [5.41, 5.74) is 5.04. The van der Waals surface area contributed by atoms with Gasteiger partial charge in [-0.1, -0.05) is 31.5 Å². The standard InChI is InChI=1S/C21H21N5/c1-2-3-7-16-12-20(18-14-23-19-10-11-22-13-17(18)19)26-21(25-16)24-15-8-5-4-6-9-15/h4-6,8-14,23H,2-3,7H2,1H3,(H,24,25,26). The predicted molar refractivity (Wildman–Crippen MR) is 105 cm³/mol. The molecule has 0 amide bonds. The van der Waals surface area contributed by atoms with Gasteiger partial charge in [-0.15, -0.1) is 0 Å². The molecule has 4 aromatic rings. The normalized spacial score (nSPS) is 11.0. The van der Waals surface area contributed by atoms with E-state index in [4.69, 9.17) is 9.97 Å². The molecule has 4 rings (SSSR count). The van der Waals surface area contributed by atoms with Crippen LogP contribution in [0.1, 0.15) is 25.5 Å². The van der Waals surface area contributed by atoms with Crippen LogP contribution >= 0.6 is 0 Å². The number of benzene rings is 1. The minimum absolute atomic E-state index is 0.623. The van der Waals surface area contributed by atoms with Crippen molar-refractivity contribution in [2.45, 2.75) is 26.2 Å². The number of anilines is 2. The quantitative estimate of drug-likeness (QED) is 0.511. The first-order chi connectivity index (χ1) is 12.8. The third-order valence-electron chi connectivity index (χ3n) is 4.35. The van der Waals surface area contributed by atoms with E-state index >= 15 is 0 Å². The molecule has 0 aliphatic heterocycles. The predicted octanol–water partition coefficient (Wildman–Crippen LogP) is 5.11. The van der Waals surface area contributed by atoms with Crippen molar-refractivity contribution >= 4 is 22.5 Å². The van der Waals surface area contributed by atoms with Crippen molar-refractivity contribution in [2.24, 2.45) is 0 Å². The molecule has 0 atom stereocenters. The third kappa shape index (κ3) is 3.42. The molecule has 5 heteroatoms. The maximum absolute atomic E-state index is 4.76. The zero-order valence-electron chi connectivity index (χ0n) is 14.7. The van der Waals surface area contributed by atoms with E-state index in [9.17, 15) is 0 Å². The molecule has 0 saturated carbocycles. The highest BCUT2D eigenvalue weighted by atomic mass is 15.1. The number of unbranched alkanes of at least 4 members (excludes halogenated alkanes) is 1. The van der Waals surface area contributed by atoms with E-state index in [1.54, 1.807) is 6.20 Å². The first kappa shape index (κ1) is 16.3. The largest absolute Gasteiger partial charge is 0.360 e. The highest BCUT2D eigenvalue weighted by molar-refractivity contribution is 5.94. The van der Waals surface area contributed by atoms with Crippen molar-refractivity contribution in [3.05, 3.63) is 66.7 Å². The number of para-hydroxylation sites is 1. The fourth-order valence-electron chi connectivity index (χ4n) is 3.00. The van der Waals surface area contributed by atoms with Gasteiger partial charge in [-0.05, 0) is 37.1 Å². The number of H-pyrrole nitrogens is 1. The molecule has 2 N–H and O–H groups in total. The molecule has 0 unspecified atom stereocenters. The maximum atomic E-state index is 4.76. The highest BCUT2D eigenvalue weighted by Crippen LogP contribution is 2.28. The van der Waals surface area contributed by atoms with Gasteiger partial charge < -0.3 is 10.3 Å². The van der Waals surface area contributed by atoms with Crippen LogP contribution in [0, 0.1) is 0 Å². The van der Waals surface area contributed by atoms with E-state index in [1.807, 2.05) is 48.8 Å². The minimum atomic E-state index is 0.623. The fraction of sp³-hybridized carbons (Fsp3) is 0.190. The van der Waals surface area contributed by atoms with Gasteiger partial charge in [-0.2, -0.15) is 0 Å². The number of aryl methyl sites for hydroxylation is 1. The van der Waals surface area contributed by atoms with Gasteiger partial charge in [0, 0.05) is 46.4 Å². The Balaban J connectivity index is 1.76. The molecule has 0 fully saturated rings. The van der Waals surface area contributed by atoms with Crippen LogP contribution in [0.5, 0.6) is 0 Å². The first-order valence-corrected chi connectivity index (χ1v) is 8.95. The molecule has 0 aliphatic carbocycles. The Kier molecular flexibility index (Phi) is 4.60. The van der Waals surface area contributed by atoms with Gasteiger partial charge in [-0.25, -0.2) is 9.97 Å². The number of nitrogens with one attached hydrogen (secondary N) is 2. The van der Waals surface area contributed by atoms with Gasteiger partial charge in [0.05, 0.1) is 5.69 Å². The summed E-state index contributed by atoms with van der Waals surface area (Å²) in [7, 11) is 0. The molecule has 130 valence electrons. The average molecular weight is 343 g/mol. The number of pyridine rings is 1. The Hall–Kier alpha value is -3.21. The maximum Gasteiger partial charge on any atom is 0.227 e. The topological polar surface area (TPSA) is 66.5 Å². The van der Waals surface area contributed by atoms with Crippen molar-refractivity contribution in [1.29, 1.82) is 0 Å². The van der Waals surface area contributed by atoms with Crippen LogP contribution in [-0.4, -0.2) is 19.9 Å². The molecular formula is C21H21N5. The second-order valence-corrected chi connectivity index (χ2v) is 6.29. The summed E-state index contributed by atoms with van der Waals surface area (Å²) >= 11 is 0. The first-order valence-electron chi connectivity index (χ1n) is 8.95. The smallest absolute Gasteiger partial charge is 0.227 e. The van der Waals surface area contributed by atoms with Crippen LogP contribution in [0.3, 0.4) is 0 Å². The van der Waals surface area contributed by atoms with Gasteiger partial charge in [0.25, 0.3) is 0 Å². The van der Waals surface area contributed by atoms with Crippen LogP contribution in [0.25, 0.3) is 22.2 Å². The van der Waals surface area contributed by atoms with Crippen LogP contribution < -0.4 is 5.32 Å². The lowest BCUT2D eigenvalue weighted by molar-refractivity contribution is 0.775. The second-order valence-electron chi connectivity index (χ2n) is 6.29. The number of aromatic amines is 1. The number of rotatable bonds is 6. The van der Waals surface area contributed by atoms with Gasteiger partial charge in [0.1, 0.15) is 0 Å². The highest BCUT2D eigenvalue weighted by Gasteiger charge is 2.11. The molecule has 26 heavy (non-hydrogen) atoms. The Bertz CT molecular complexity index is 1010. The lowest BCUT2D eigenvalue weighted by Gasteiger charge is -2.09. The number of fused-ring (bicyclic) bond motifs is 1. The number of hydrogen-bond donors (Lipinski definition) is 2. The third-order valence-corrected chi connectivity index (χ3v) is 4.35. The average Bonchev–Trinajstić information content (AvgIpc) is 3.11. The zero-order chi connectivity index (χ0) is 17.8.